The minimum Gasteiger partial charge on any atom is -0.497 e. The van der Waals surface area contributed by atoms with Crippen LogP contribution >= 0.6 is 11.6 Å². The molecule has 0 aliphatic heterocycles. The quantitative estimate of drug-likeness (QED) is 0.483. The fourth-order valence-electron chi connectivity index (χ4n) is 3.08. The largest absolute Gasteiger partial charge is 0.497 e. The van der Waals surface area contributed by atoms with Crippen molar-refractivity contribution in [3.63, 3.8) is 0 Å². The summed E-state index contributed by atoms with van der Waals surface area (Å²) in [4.78, 5) is 13.0. The van der Waals surface area contributed by atoms with Crippen LogP contribution in [0.3, 0.4) is 0 Å². The summed E-state index contributed by atoms with van der Waals surface area (Å²) in [7, 11) is 0.320. The fourth-order valence-corrected chi connectivity index (χ4v) is 4.76. The molecule has 3 aromatic rings. The second-order valence-electron chi connectivity index (χ2n) is 6.76. The normalized spacial score (nSPS) is 10.9. The van der Waals surface area contributed by atoms with Crippen LogP contribution in [0.15, 0.2) is 71.6 Å². The van der Waals surface area contributed by atoms with Crippen LogP contribution < -0.4 is 23.8 Å². The Morgan fingerprint density at radius 3 is 2.18 bits per heavy atom. The van der Waals surface area contributed by atoms with Crippen molar-refractivity contribution in [1.82, 2.24) is 0 Å². The molecule has 0 aromatic heterocycles. The summed E-state index contributed by atoms with van der Waals surface area (Å²) in [6.07, 6.45) is 0. The number of anilines is 2. The maximum atomic E-state index is 13.4. The molecule has 0 atom stereocenters. The smallest absolute Gasteiger partial charge is 0.264 e. The zero-order valence-corrected chi connectivity index (χ0v) is 19.8. The Morgan fingerprint density at radius 1 is 0.909 bits per heavy atom. The lowest BCUT2D eigenvalue weighted by Crippen LogP contribution is -2.38. The van der Waals surface area contributed by atoms with Crippen LogP contribution in [-0.2, 0) is 14.8 Å². The molecule has 10 heteroatoms. The van der Waals surface area contributed by atoms with Crippen LogP contribution in [0.1, 0.15) is 0 Å². The predicted molar refractivity (Wildman–Crippen MR) is 127 cm³/mol. The SMILES string of the molecule is COc1ccc(OC)c(NC(=O)CN(c2ccc(OC)c(Cl)c2)S(=O)(=O)c2ccccc2)c1. The number of carbonyl (C=O) groups is 1. The molecule has 0 fully saturated rings. The first-order valence-corrected chi connectivity index (χ1v) is 11.5. The van der Waals surface area contributed by atoms with E-state index in [0.29, 0.717) is 22.9 Å². The summed E-state index contributed by atoms with van der Waals surface area (Å²) >= 11 is 6.23. The molecule has 0 unspecified atom stereocenters. The Bertz CT molecular complexity index is 1230. The van der Waals surface area contributed by atoms with Crippen molar-refractivity contribution in [2.75, 3.05) is 37.5 Å². The molecule has 0 spiro atoms. The Kier molecular flexibility index (Phi) is 7.67. The predicted octanol–water partition coefficient (Wildman–Crippen LogP) is 4.20. The van der Waals surface area contributed by atoms with Gasteiger partial charge in [0.15, 0.2) is 0 Å². The molecule has 0 saturated carbocycles. The maximum absolute atomic E-state index is 13.4. The van der Waals surface area contributed by atoms with Gasteiger partial charge in [-0.05, 0) is 42.5 Å². The molecular formula is C23H23ClN2O6S. The van der Waals surface area contributed by atoms with E-state index in [1.807, 2.05) is 0 Å². The van der Waals surface area contributed by atoms with Crippen molar-refractivity contribution in [3.8, 4) is 17.2 Å². The number of benzene rings is 3. The summed E-state index contributed by atoms with van der Waals surface area (Å²) in [6.45, 7) is -0.514. The van der Waals surface area contributed by atoms with Crippen LogP contribution in [0.5, 0.6) is 17.2 Å². The lowest BCUT2D eigenvalue weighted by molar-refractivity contribution is -0.114. The molecule has 0 aliphatic rings. The van der Waals surface area contributed by atoms with E-state index < -0.39 is 22.5 Å². The maximum Gasteiger partial charge on any atom is 0.264 e. The van der Waals surface area contributed by atoms with Gasteiger partial charge < -0.3 is 19.5 Å². The van der Waals surface area contributed by atoms with Gasteiger partial charge in [0.25, 0.3) is 10.0 Å². The van der Waals surface area contributed by atoms with E-state index in [0.717, 1.165) is 4.31 Å². The zero-order valence-electron chi connectivity index (χ0n) is 18.2. The van der Waals surface area contributed by atoms with Gasteiger partial charge in [0.1, 0.15) is 23.8 Å². The van der Waals surface area contributed by atoms with Crippen molar-refractivity contribution < 1.29 is 27.4 Å². The molecule has 8 nitrogen and oxygen atoms in total. The van der Waals surface area contributed by atoms with Crippen LogP contribution in [0.4, 0.5) is 11.4 Å². The molecule has 0 bridgehead atoms. The molecule has 0 heterocycles. The van der Waals surface area contributed by atoms with Crippen molar-refractivity contribution in [1.29, 1.82) is 0 Å². The number of nitrogens with zero attached hydrogens (tertiary/aromatic N) is 1. The molecule has 33 heavy (non-hydrogen) atoms. The number of carbonyl (C=O) groups excluding carboxylic acids is 1. The third-order valence-corrected chi connectivity index (χ3v) is 6.81. The summed E-state index contributed by atoms with van der Waals surface area (Å²) in [5.74, 6) is 0.687. The number of methoxy groups -OCH3 is 3. The molecular weight excluding hydrogens is 468 g/mol. The van der Waals surface area contributed by atoms with Gasteiger partial charge in [-0.1, -0.05) is 29.8 Å². The Balaban J connectivity index is 1.98. The van der Waals surface area contributed by atoms with Crippen LogP contribution in [0.2, 0.25) is 5.02 Å². The molecule has 174 valence electrons. The topological polar surface area (TPSA) is 94.2 Å². The zero-order chi connectivity index (χ0) is 24.0. The average molecular weight is 491 g/mol. The van der Waals surface area contributed by atoms with Gasteiger partial charge in [-0.3, -0.25) is 9.10 Å². The van der Waals surface area contributed by atoms with Gasteiger partial charge in [-0.25, -0.2) is 8.42 Å². The van der Waals surface area contributed by atoms with Crippen LogP contribution in [-0.4, -0.2) is 42.2 Å². The van der Waals surface area contributed by atoms with E-state index in [4.69, 9.17) is 25.8 Å². The Labute approximate surface area is 197 Å². The van der Waals surface area contributed by atoms with Crippen molar-refractivity contribution in [3.05, 3.63) is 71.8 Å². The van der Waals surface area contributed by atoms with Crippen molar-refractivity contribution in [2.24, 2.45) is 0 Å². The number of halogens is 1. The summed E-state index contributed by atoms with van der Waals surface area (Å²) in [5.41, 5.74) is 0.545. The first-order valence-electron chi connectivity index (χ1n) is 9.73. The van der Waals surface area contributed by atoms with Gasteiger partial charge >= 0.3 is 0 Å². The fraction of sp³-hybridized carbons (Fsp3) is 0.174. The first kappa shape index (κ1) is 24.2. The highest BCUT2D eigenvalue weighted by Crippen LogP contribution is 2.33. The minimum atomic E-state index is -4.09. The lowest BCUT2D eigenvalue weighted by Gasteiger charge is -2.25. The van der Waals surface area contributed by atoms with Gasteiger partial charge in [0.2, 0.25) is 5.91 Å². The third kappa shape index (κ3) is 5.50. The van der Waals surface area contributed by atoms with Crippen LogP contribution in [0.25, 0.3) is 0 Å². The standard InChI is InChI=1S/C23H23ClN2O6S/c1-30-17-10-12-22(32-3)20(14-17)25-23(27)15-26(16-9-11-21(31-2)19(24)13-16)33(28,29)18-7-5-4-6-8-18/h4-14H,15H2,1-3H3,(H,25,27). The van der Waals surface area contributed by atoms with E-state index in [9.17, 15) is 13.2 Å². The first-order chi connectivity index (χ1) is 15.8. The third-order valence-electron chi connectivity index (χ3n) is 4.72. The number of rotatable bonds is 9. The van der Waals surface area contributed by atoms with Crippen LogP contribution in [0, 0.1) is 0 Å². The number of hydrogen-bond acceptors (Lipinski definition) is 6. The van der Waals surface area contributed by atoms with E-state index in [1.165, 1.54) is 51.7 Å². The number of nitrogens with one attached hydrogen (secondary N) is 1. The second-order valence-corrected chi connectivity index (χ2v) is 9.03. The molecule has 1 N–H and O–H groups in total. The Morgan fingerprint density at radius 2 is 1.58 bits per heavy atom. The minimum absolute atomic E-state index is 0.0312. The van der Waals surface area contributed by atoms with Gasteiger partial charge in [0, 0.05) is 6.07 Å². The molecule has 1 amide bonds. The van der Waals surface area contributed by atoms with Crippen molar-refractivity contribution >= 4 is 38.9 Å². The van der Waals surface area contributed by atoms with E-state index in [2.05, 4.69) is 5.32 Å². The molecule has 3 rings (SSSR count). The summed E-state index contributed by atoms with van der Waals surface area (Å²) < 4.78 is 43.5. The number of hydrogen-bond donors (Lipinski definition) is 1. The van der Waals surface area contributed by atoms with Gasteiger partial charge in [-0.2, -0.15) is 0 Å². The highest BCUT2D eigenvalue weighted by Gasteiger charge is 2.28. The van der Waals surface area contributed by atoms with Crippen molar-refractivity contribution in [2.45, 2.75) is 4.90 Å². The summed E-state index contributed by atoms with van der Waals surface area (Å²) in [5, 5.41) is 2.90. The number of ether oxygens (including phenoxy) is 3. The Hall–Kier alpha value is -3.43. The number of sulfonamides is 1. The molecule has 0 saturated heterocycles. The lowest BCUT2D eigenvalue weighted by atomic mass is 10.2. The number of amides is 1. The molecule has 3 aromatic carbocycles. The molecule has 0 aliphatic carbocycles. The van der Waals surface area contributed by atoms with E-state index in [-0.39, 0.29) is 15.6 Å². The van der Waals surface area contributed by atoms with E-state index in [1.54, 1.807) is 36.4 Å². The van der Waals surface area contributed by atoms with E-state index >= 15 is 0 Å². The summed E-state index contributed by atoms with van der Waals surface area (Å²) in [6, 6.07) is 17.2. The second kappa shape index (κ2) is 10.5. The van der Waals surface area contributed by atoms with Gasteiger partial charge in [0.05, 0.1) is 42.6 Å². The van der Waals surface area contributed by atoms with Gasteiger partial charge in [-0.15, -0.1) is 0 Å². The highest BCUT2D eigenvalue weighted by atomic mass is 35.5. The average Bonchev–Trinajstić information content (AvgIpc) is 2.82. The monoisotopic (exact) mass is 490 g/mol. The highest BCUT2D eigenvalue weighted by molar-refractivity contribution is 7.92. The molecule has 0 radical (unpaired) electrons.